The maximum Gasteiger partial charge on any atom is 0.270 e. The second-order valence-electron chi connectivity index (χ2n) is 4.34. The molecule has 0 atom stereocenters. The van der Waals surface area contributed by atoms with Crippen LogP contribution in [0.1, 0.15) is 15.5 Å². The molecule has 0 aliphatic carbocycles. The maximum atomic E-state index is 11.7. The molecular weight excluding hydrogens is 264 g/mol. The van der Waals surface area contributed by atoms with Crippen LogP contribution in [-0.4, -0.2) is 62.7 Å². The molecule has 1 aromatic heterocycles. The topological polar surface area (TPSA) is 80.5 Å². The number of carbonyl (C=O) groups is 1. The molecule has 0 fully saturated rings. The van der Waals surface area contributed by atoms with Gasteiger partial charge in [0.2, 0.25) is 0 Å². The van der Waals surface area contributed by atoms with E-state index in [1.165, 1.54) is 11.3 Å². The fraction of sp³-hybridized carbons (Fsp3) is 0.667. The third-order valence-electron chi connectivity index (χ3n) is 2.36. The first-order valence-electron chi connectivity index (χ1n) is 6.28. The highest BCUT2D eigenvalue weighted by Gasteiger charge is 2.09. The van der Waals surface area contributed by atoms with Gasteiger partial charge in [0.25, 0.3) is 5.91 Å². The number of ether oxygens (including phenoxy) is 1. The molecule has 0 aliphatic rings. The Morgan fingerprint density at radius 3 is 3.00 bits per heavy atom. The molecule has 1 amide bonds. The fourth-order valence-electron chi connectivity index (χ4n) is 1.33. The molecule has 0 aliphatic heterocycles. The molecule has 1 rings (SSSR count). The van der Waals surface area contributed by atoms with E-state index in [-0.39, 0.29) is 5.91 Å². The lowest BCUT2D eigenvalue weighted by molar-refractivity contribution is 0.0896. The molecular formula is C12H22N4O2S. The number of amides is 1. The van der Waals surface area contributed by atoms with Gasteiger partial charge in [-0.2, -0.15) is 0 Å². The van der Waals surface area contributed by atoms with E-state index in [1.54, 1.807) is 5.38 Å². The second-order valence-corrected chi connectivity index (χ2v) is 5.28. The lowest BCUT2D eigenvalue weighted by Crippen LogP contribution is -2.28. The van der Waals surface area contributed by atoms with Crippen molar-refractivity contribution in [2.45, 2.75) is 6.42 Å². The van der Waals surface area contributed by atoms with Gasteiger partial charge in [0.05, 0.1) is 18.2 Å². The van der Waals surface area contributed by atoms with Gasteiger partial charge in [-0.1, -0.05) is 0 Å². The van der Waals surface area contributed by atoms with Gasteiger partial charge in [-0.3, -0.25) is 4.79 Å². The number of likely N-dealkylation sites (N-methyl/N-ethyl adjacent to an activating group) is 1. The van der Waals surface area contributed by atoms with Crippen LogP contribution in [0.25, 0.3) is 0 Å². The molecule has 1 heterocycles. The minimum absolute atomic E-state index is 0.157. The number of hydrogen-bond acceptors (Lipinski definition) is 6. The molecule has 0 saturated heterocycles. The van der Waals surface area contributed by atoms with Gasteiger partial charge < -0.3 is 20.7 Å². The van der Waals surface area contributed by atoms with Crippen LogP contribution < -0.4 is 11.1 Å². The molecule has 7 heteroatoms. The molecule has 6 nitrogen and oxygen atoms in total. The molecule has 0 saturated carbocycles. The van der Waals surface area contributed by atoms with Crippen LogP contribution >= 0.6 is 11.3 Å². The number of carbonyl (C=O) groups excluding carboxylic acids is 1. The molecule has 0 bridgehead atoms. The standard InChI is InChI=1S/C12H22N4O2S/c1-16(2)6-8-18-7-5-14-12(17)10-9-19-11(15-10)3-4-13/h9H,3-8,13H2,1-2H3,(H,14,17). The van der Waals surface area contributed by atoms with Gasteiger partial charge in [0, 0.05) is 24.9 Å². The quantitative estimate of drug-likeness (QED) is 0.622. The Bertz CT molecular complexity index is 382. The molecule has 108 valence electrons. The summed E-state index contributed by atoms with van der Waals surface area (Å²) in [7, 11) is 3.98. The van der Waals surface area contributed by atoms with Gasteiger partial charge in [-0.05, 0) is 20.6 Å². The highest BCUT2D eigenvalue weighted by Crippen LogP contribution is 2.09. The van der Waals surface area contributed by atoms with Crippen LogP contribution in [-0.2, 0) is 11.2 Å². The zero-order valence-electron chi connectivity index (χ0n) is 11.5. The summed E-state index contributed by atoms with van der Waals surface area (Å²) in [6, 6.07) is 0. The van der Waals surface area contributed by atoms with Crippen molar-refractivity contribution in [3.63, 3.8) is 0 Å². The Kier molecular flexibility index (Phi) is 7.57. The first-order valence-corrected chi connectivity index (χ1v) is 7.16. The van der Waals surface area contributed by atoms with Gasteiger partial charge in [-0.15, -0.1) is 11.3 Å². The first-order chi connectivity index (χ1) is 9.13. The van der Waals surface area contributed by atoms with Crippen LogP contribution in [0.4, 0.5) is 0 Å². The van der Waals surface area contributed by atoms with Gasteiger partial charge >= 0.3 is 0 Å². The third-order valence-corrected chi connectivity index (χ3v) is 3.27. The van der Waals surface area contributed by atoms with Crippen LogP contribution in [0, 0.1) is 0 Å². The largest absolute Gasteiger partial charge is 0.378 e. The van der Waals surface area contributed by atoms with Crippen molar-refractivity contribution < 1.29 is 9.53 Å². The highest BCUT2D eigenvalue weighted by atomic mass is 32.1. The van der Waals surface area contributed by atoms with E-state index in [9.17, 15) is 4.79 Å². The van der Waals surface area contributed by atoms with Crippen LogP contribution in [0.5, 0.6) is 0 Å². The normalized spacial score (nSPS) is 10.9. The second kappa shape index (κ2) is 8.98. The lowest BCUT2D eigenvalue weighted by Gasteiger charge is -2.09. The van der Waals surface area contributed by atoms with Crippen LogP contribution in [0.3, 0.4) is 0 Å². The number of hydrogen-bond donors (Lipinski definition) is 2. The predicted molar refractivity (Wildman–Crippen MR) is 76.6 cm³/mol. The van der Waals surface area contributed by atoms with E-state index in [4.69, 9.17) is 10.5 Å². The van der Waals surface area contributed by atoms with Crippen molar-refractivity contribution in [3.05, 3.63) is 16.1 Å². The molecule has 0 aromatic carbocycles. The average molecular weight is 286 g/mol. The summed E-state index contributed by atoms with van der Waals surface area (Å²) in [5.74, 6) is -0.157. The Labute approximate surface area is 118 Å². The van der Waals surface area contributed by atoms with Gasteiger partial charge in [-0.25, -0.2) is 4.98 Å². The highest BCUT2D eigenvalue weighted by molar-refractivity contribution is 7.09. The van der Waals surface area contributed by atoms with Gasteiger partial charge in [0.1, 0.15) is 5.69 Å². The zero-order valence-corrected chi connectivity index (χ0v) is 12.3. The Morgan fingerprint density at radius 1 is 1.53 bits per heavy atom. The lowest BCUT2D eigenvalue weighted by atomic mass is 10.4. The molecule has 0 unspecified atom stereocenters. The summed E-state index contributed by atoms with van der Waals surface area (Å²) in [5, 5.41) is 5.43. The Balaban J connectivity index is 2.16. The fourth-order valence-corrected chi connectivity index (χ4v) is 2.12. The molecule has 1 aromatic rings. The van der Waals surface area contributed by atoms with Crippen molar-refractivity contribution in [2.75, 3.05) is 46.9 Å². The van der Waals surface area contributed by atoms with Crippen molar-refractivity contribution >= 4 is 17.2 Å². The maximum absolute atomic E-state index is 11.7. The van der Waals surface area contributed by atoms with Crippen LogP contribution in [0.15, 0.2) is 5.38 Å². The summed E-state index contributed by atoms with van der Waals surface area (Å²) >= 11 is 1.46. The summed E-state index contributed by atoms with van der Waals surface area (Å²) in [4.78, 5) is 18.0. The first kappa shape index (κ1) is 16.0. The van der Waals surface area contributed by atoms with E-state index in [0.717, 1.165) is 11.6 Å². The van der Waals surface area contributed by atoms with Crippen molar-refractivity contribution in [3.8, 4) is 0 Å². The zero-order chi connectivity index (χ0) is 14.1. The number of rotatable bonds is 9. The minimum atomic E-state index is -0.157. The smallest absolute Gasteiger partial charge is 0.270 e. The molecule has 19 heavy (non-hydrogen) atoms. The molecule has 0 radical (unpaired) electrons. The summed E-state index contributed by atoms with van der Waals surface area (Å²) in [5.41, 5.74) is 5.90. The predicted octanol–water partition coefficient (Wildman–Crippen LogP) is -0.0477. The van der Waals surface area contributed by atoms with E-state index in [1.807, 2.05) is 19.0 Å². The number of nitrogens with one attached hydrogen (secondary N) is 1. The average Bonchev–Trinajstić information content (AvgIpc) is 2.82. The number of nitrogens with zero attached hydrogens (tertiary/aromatic N) is 2. The Hall–Kier alpha value is -1.02. The van der Waals surface area contributed by atoms with E-state index >= 15 is 0 Å². The van der Waals surface area contributed by atoms with E-state index < -0.39 is 0 Å². The van der Waals surface area contributed by atoms with Gasteiger partial charge in [0.15, 0.2) is 0 Å². The minimum Gasteiger partial charge on any atom is -0.378 e. The summed E-state index contributed by atoms with van der Waals surface area (Å²) < 4.78 is 5.38. The number of nitrogens with two attached hydrogens (primary N) is 1. The van der Waals surface area contributed by atoms with Crippen molar-refractivity contribution in [2.24, 2.45) is 5.73 Å². The van der Waals surface area contributed by atoms with Crippen molar-refractivity contribution in [1.82, 2.24) is 15.2 Å². The van der Waals surface area contributed by atoms with E-state index in [0.29, 0.717) is 38.4 Å². The monoisotopic (exact) mass is 286 g/mol. The van der Waals surface area contributed by atoms with Crippen LogP contribution in [0.2, 0.25) is 0 Å². The number of aromatic nitrogens is 1. The molecule has 3 N–H and O–H groups in total. The summed E-state index contributed by atoms with van der Waals surface area (Å²) in [6.45, 7) is 3.10. The Morgan fingerprint density at radius 2 is 2.32 bits per heavy atom. The van der Waals surface area contributed by atoms with E-state index in [2.05, 4.69) is 10.3 Å². The third kappa shape index (κ3) is 6.63. The molecule has 0 spiro atoms. The SMILES string of the molecule is CN(C)CCOCCNC(=O)c1csc(CCN)n1. The van der Waals surface area contributed by atoms with Crippen molar-refractivity contribution in [1.29, 1.82) is 0 Å². The summed E-state index contributed by atoms with van der Waals surface area (Å²) in [6.07, 6.45) is 0.714. The number of thiazole rings is 1.